The molecule has 1 rings (SSSR count). The Kier molecular flexibility index (Phi) is 4.60. The highest BCUT2D eigenvalue weighted by Gasteiger charge is 2.32. The summed E-state index contributed by atoms with van der Waals surface area (Å²) in [6.07, 6.45) is 0. The van der Waals surface area contributed by atoms with Crippen molar-refractivity contribution in [1.82, 2.24) is 0 Å². The van der Waals surface area contributed by atoms with E-state index in [1.165, 1.54) is 0 Å². The monoisotopic (exact) mass is 310 g/mol. The van der Waals surface area contributed by atoms with Crippen LogP contribution in [0.1, 0.15) is 12.5 Å². The summed E-state index contributed by atoms with van der Waals surface area (Å²) in [6, 6.07) is 3.96. The molecule has 0 bridgehead atoms. The molecule has 0 aliphatic rings. The first-order valence-corrected chi connectivity index (χ1v) is 10.2. The highest BCUT2D eigenvalue weighted by atomic mass is 35.5. The van der Waals surface area contributed by atoms with E-state index in [0.717, 1.165) is 6.04 Å². The minimum absolute atomic E-state index is 0.407. The molecular weight excluding hydrogens is 295 g/mol. The number of hydrogen-bond acceptors (Lipinski definition) is 1. The molecule has 0 heterocycles. The van der Waals surface area contributed by atoms with Gasteiger partial charge in [-0.3, -0.25) is 0 Å². The zero-order chi connectivity index (χ0) is 13.4. The van der Waals surface area contributed by atoms with Gasteiger partial charge in [-0.25, -0.2) is 0 Å². The summed E-state index contributed by atoms with van der Waals surface area (Å²) in [7, 11) is -1.41. The van der Waals surface area contributed by atoms with E-state index >= 15 is 0 Å². The van der Waals surface area contributed by atoms with Gasteiger partial charge in [0.1, 0.15) is 0 Å². The average molecular weight is 312 g/mol. The first kappa shape index (κ1) is 15.3. The predicted octanol–water partition coefficient (Wildman–Crippen LogP) is 5.19. The summed E-state index contributed by atoms with van der Waals surface area (Å²) in [5.74, 6) is 0. The van der Waals surface area contributed by atoms with Crippen LogP contribution >= 0.6 is 34.8 Å². The van der Waals surface area contributed by atoms with Gasteiger partial charge in [-0.1, -0.05) is 54.4 Å². The Morgan fingerprint density at radius 2 is 1.53 bits per heavy atom. The Balaban J connectivity index is 3.19. The topological polar surface area (TPSA) is 20.2 Å². The van der Waals surface area contributed by atoms with Crippen LogP contribution in [0, 0.1) is 0 Å². The molecule has 1 aromatic rings. The Morgan fingerprint density at radius 1 is 1.06 bits per heavy atom. The first-order chi connectivity index (χ1) is 7.53. The van der Waals surface area contributed by atoms with Gasteiger partial charge in [0.25, 0.3) is 0 Å². The van der Waals surface area contributed by atoms with Crippen molar-refractivity contribution in [1.29, 1.82) is 0 Å². The van der Waals surface area contributed by atoms with E-state index in [2.05, 4.69) is 19.6 Å². The van der Waals surface area contributed by atoms with Gasteiger partial charge in [0.2, 0.25) is 0 Å². The largest absolute Gasteiger partial charge is 0.386 e. The molecule has 1 unspecified atom stereocenters. The Labute approximate surface area is 119 Å². The van der Waals surface area contributed by atoms with E-state index in [4.69, 9.17) is 34.8 Å². The quantitative estimate of drug-likeness (QED) is 0.601. The lowest BCUT2D eigenvalue weighted by Gasteiger charge is -2.31. The zero-order valence-electron chi connectivity index (χ0n) is 10.4. The maximum Gasteiger partial charge on any atom is 0.0860 e. The number of hydrogen-bond donors (Lipinski definition) is 1. The van der Waals surface area contributed by atoms with Gasteiger partial charge in [0, 0.05) is 18.7 Å². The second kappa shape index (κ2) is 5.10. The van der Waals surface area contributed by atoms with Gasteiger partial charge in [-0.05, 0) is 25.1 Å². The smallest absolute Gasteiger partial charge is 0.0860 e. The normalized spacial score (nSPS) is 15.8. The van der Waals surface area contributed by atoms with Crippen LogP contribution < -0.4 is 0 Å². The molecule has 0 saturated carbocycles. The van der Waals surface area contributed by atoms with Crippen molar-refractivity contribution < 1.29 is 5.11 Å². The van der Waals surface area contributed by atoms with Gasteiger partial charge in [-0.2, -0.15) is 0 Å². The third-order valence-corrected chi connectivity index (χ3v) is 5.25. The molecule has 0 aliphatic carbocycles. The molecular formula is C12H17Cl3OSi. The van der Waals surface area contributed by atoms with E-state index in [1.807, 2.05) is 0 Å². The van der Waals surface area contributed by atoms with Crippen molar-refractivity contribution in [2.45, 2.75) is 38.2 Å². The molecule has 0 saturated heterocycles. The second-order valence-corrected chi connectivity index (χ2v) is 12.5. The van der Waals surface area contributed by atoms with Crippen molar-refractivity contribution >= 4 is 42.9 Å². The Morgan fingerprint density at radius 3 is 2.00 bits per heavy atom. The van der Waals surface area contributed by atoms with Crippen molar-refractivity contribution in [3.63, 3.8) is 0 Å². The second-order valence-electron chi connectivity index (χ2n) is 5.76. The molecule has 0 aliphatic heterocycles. The van der Waals surface area contributed by atoms with Gasteiger partial charge in [0.15, 0.2) is 0 Å². The number of halogens is 3. The number of rotatable bonds is 3. The van der Waals surface area contributed by atoms with Crippen molar-refractivity contribution in [2.24, 2.45) is 0 Å². The molecule has 0 aromatic heterocycles. The molecule has 0 fully saturated rings. The molecule has 1 aromatic carbocycles. The van der Waals surface area contributed by atoms with Crippen LogP contribution in [-0.2, 0) is 5.60 Å². The van der Waals surface area contributed by atoms with Crippen LogP contribution in [0.2, 0.25) is 40.8 Å². The van der Waals surface area contributed by atoms with Crippen LogP contribution in [0.15, 0.2) is 12.1 Å². The van der Waals surface area contributed by atoms with E-state index in [-0.39, 0.29) is 0 Å². The molecule has 96 valence electrons. The molecule has 1 atom stereocenters. The molecule has 0 radical (unpaired) electrons. The SMILES string of the molecule is CC(O)(C[Si](C)(C)C)c1cc(Cl)c(Cl)cc1Cl. The van der Waals surface area contributed by atoms with E-state index in [1.54, 1.807) is 19.1 Å². The van der Waals surface area contributed by atoms with Gasteiger partial charge < -0.3 is 5.11 Å². The lowest BCUT2D eigenvalue weighted by molar-refractivity contribution is 0.0771. The molecule has 17 heavy (non-hydrogen) atoms. The molecule has 0 amide bonds. The summed E-state index contributed by atoms with van der Waals surface area (Å²) in [4.78, 5) is 0. The van der Waals surface area contributed by atoms with Gasteiger partial charge >= 0.3 is 0 Å². The molecule has 0 spiro atoms. The van der Waals surface area contributed by atoms with Crippen LogP contribution in [0.4, 0.5) is 0 Å². The number of benzene rings is 1. The zero-order valence-corrected chi connectivity index (χ0v) is 13.7. The number of aliphatic hydroxyl groups is 1. The average Bonchev–Trinajstić information content (AvgIpc) is 2.06. The van der Waals surface area contributed by atoms with Crippen LogP contribution in [0.3, 0.4) is 0 Å². The minimum atomic E-state index is -1.41. The summed E-state index contributed by atoms with van der Waals surface area (Å²) in [6.45, 7) is 8.38. The fraction of sp³-hybridized carbons (Fsp3) is 0.500. The lowest BCUT2D eigenvalue weighted by Crippen LogP contribution is -2.33. The third kappa shape index (κ3) is 4.14. The van der Waals surface area contributed by atoms with Crippen molar-refractivity contribution in [3.05, 3.63) is 32.8 Å². The minimum Gasteiger partial charge on any atom is -0.386 e. The van der Waals surface area contributed by atoms with Gasteiger partial charge in [0.05, 0.1) is 15.6 Å². The molecule has 5 heteroatoms. The predicted molar refractivity (Wildman–Crippen MR) is 79.2 cm³/mol. The van der Waals surface area contributed by atoms with Crippen LogP contribution in [0.5, 0.6) is 0 Å². The fourth-order valence-electron chi connectivity index (χ4n) is 2.06. The van der Waals surface area contributed by atoms with Gasteiger partial charge in [-0.15, -0.1) is 0 Å². The summed E-state index contributed by atoms with van der Waals surface area (Å²) < 4.78 is 0. The highest BCUT2D eigenvalue weighted by molar-refractivity contribution is 6.76. The van der Waals surface area contributed by atoms with Crippen LogP contribution in [-0.4, -0.2) is 13.2 Å². The maximum absolute atomic E-state index is 10.6. The summed E-state index contributed by atoms with van der Waals surface area (Å²) in [5, 5.41) is 11.9. The summed E-state index contributed by atoms with van der Waals surface area (Å²) in [5.41, 5.74) is -0.313. The maximum atomic E-state index is 10.6. The van der Waals surface area contributed by atoms with Crippen molar-refractivity contribution in [2.75, 3.05) is 0 Å². The summed E-state index contributed by atoms with van der Waals surface area (Å²) >= 11 is 18.0. The van der Waals surface area contributed by atoms with E-state index < -0.39 is 13.7 Å². The van der Waals surface area contributed by atoms with E-state index in [0.29, 0.717) is 20.6 Å². The third-order valence-electron chi connectivity index (χ3n) is 2.46. The Bertz CT molecular complexity index is 424. The Hall–Kier alpha value is 0.267. The van der Waals surface area contributed by atoms with E-state index in [9.17, 15) is 5.11 Å². The van der Waals surface area contributed by atoms with Crippen LogP contribution in [0.25, 0.3) is 0 Å². The highest BCUT2D eigenvalue weighted by Crippen LogP contribution is 2.38. The fourth-order valence-corrected chi connectivity index (χ4v) is 5.07. The van der Waals surface area contributed by atoms with Crippen molar-refractivity contribution in [3.8, 4) is 0 Å². The molecule has 1 nitrogen and oxygen atoms in total. The molecule has 1 N–H and O–H groups in total. The standard InChI is InChI=1S/C12H17Cl3OSi/c1-12(16,7-17(2,3)4)8-5-10(14)11(15)6-9(8)13/h5-6,16H,7H2,1-4H3. The first-order valence-electron chi connectivity index (χ1n) is 5.40. The lowest BCUT2D eigenvalue weighted by atomic mass is 9.98.